The van der Waals surface area contributed by atoms with E-state index in [-0.39, 0.29) is 20.4 Å². The van der Waals surface area contributed by atoms with Crippen molar-refractivity contribution in [2.75, 3.05) is 0 Å². The molecule has 7 atom stereocenters. The monoisotopic (exact) mass is 422 g/mol. The van der Waals surface area contributed by atoms with Crippen LogP contribution in [0.3, 0.4) is 0 Å². The SMILES string of the molecule is CC(=O)[C@H]1CC[C@H]2[C@@H]3CC=C4CC([Se]C(=N)N)CC[C@]4(C)[C@H]3CC[C@]12C. The summed E-state index contributed by atoms with van der Waals surface area (Å²) in [6.07, 6.45) is 12.4. The number of allylic oxidation sites excluding steroid dienone is 2. The summed E-state index contributed by atoms with van der Waals surface area (Å²) < 4.78 is 0.412. The molecule has 1 unspecified atom stereocenters. The van der Waals surface area contributed by atoms with Crippen molar-refractivity contribution >= 4 is 25.5 Å². The van der Waals surface area contributed by atoms with E-state index in [0.717, 1.165) is 24.2 Å². The number of nitrogens with one attached hydrogen (secondary N) is 1. The summed E-state index contributed by atoms with van der Waals surface area (Å²) in [5.41, 5.74) is 8.00. The number of Topliss-reactive ketones (excluding diaryl/α,β-unsaturated/α-hetero) is 1. The molecule has 0 bridgehead atoms. The topological polar surface area (TPSA) is 66.9 Å². The van der Waals surface area contributed by atoms with Crippen LogP contribution >= 0.6 is 0 Å². The van der Waals surface area contributed by atoms with Gasteiger partial charge in [-0.1, -0.05) is 0 Å². The van der Waals surface area contributed by atoms with Gasteiger partial charge < -0.3 is 0 Å². The van der Waals surface area contributed by atoms with Crippen molar-refractivity contribution in [3.05, 3.63) is 11.6 Å². The molecule has 26 heavy (non-hydrogen) atoms. The molecule has 3 nitrogen and oxygen atoms in total. The molecule has 0 aliphatic heterocycles. The Morgan fingerprint density at radius 3 is 2.65 bits per heavy atom. The summed E-state index contributed by atoms with van der Waals surface area (Å²) in [6, 6.07) is 0. The molecule has 0 aromatic heterocycles. The van der Waals surface area contributed by atoms with Crippen LogP contribution in [0.15, 0.2) is 11.6 Å². The van der Waals surface area contributed by atoms with Gasteiger partial charge >= 0.3 is 165 Å². The number of ketones is 1. The van der Waals surface area contributed by atoms with Gasteiger partial charge in [0.2, 0.25) is 0 Å². The standard InChI is InChI=1S/C22H34N2OSe/c1-13(25)17-6-7-18-16-5-4-14-12-15(26-20(23)24)8-10-21(14,2)19(16)9-11-22(17,18)3/h4,15-19H,5-12H2,1-3H3,(H3,23,24)/t15?,16-,17+,18-,19-,21-,22+/m0/s1. The van der Waals surface area contributed by atoms with E-state index in [9.17, 15) is 4.79 Å². The van der Waals surface area contributed by atoms with Gasteiger partial charge in [-0.15, -0.1) is 0 Å². The third-order valence-electron chi connectivity index (χ3n) is 8.84. The molecule has 4 aliphatic rings. The van der Waals surface area contributed by atoms with Crippen LogP contribution in [-0.4, -0.2) is 25.5 Å². The molecular weight excluding hydrogens is 387 g/mol. The van der Waals surface area contributed by atoms with Crippen molar-refractivity contribution in [2.24, 2.45) is 40.2 Å². The number of amidine groups is 1. The zero-order valence-electron chi connectivity index (χ0n) is 16.5. The Hall–Kier alpha value is -0.601. The number of rotatable bonds is 3. The molecule has 0 aromatic rings. The molecule has 3 N–H and O–H groups in total. The fraction of sp³-hybridized carbons (Fsp3) is 0.818. The number of hydrogen-bond donors (Lipinski definition) is 2. The summed E-state index contributed by atoms with van der Waals surface area (Å²) in [7, 11) is 0. The maximum absolute atomic E-state index is 12.2. The van der Waals surface area contributed by atoms with Crippen molar-refractivity contribution in [2.45, 2.75) is 77.0 Å². The zero-order valence-corrected chi connectivity index (χ0v) is 18.2. The van der Waals surface area contributed by atoms with Gasteiger partial charge in [-0.25, -0.2) is 0 Å². The minimum atomic E-state index is 0.171. The summed E-state index contributed by atoms with van der Waals surface area (Å²) >= 11 is 0.171. The van der Waals surface area contributed by atoms with Gasteiger partial charge in [0.05, 0.1) is 0 Å². The fourth-order valence-corrected chi connectivity index (χ4v) is 9.37. The van der Waals surface area contributed by atoms with E-state index in [0.29, 0.717) is 26.7 Å². The van der Waals surface area contributed by atoms with E-state index in [1.807, 2.05) is 6.92 Å². The van der Waals surface area contributed by atoms with Gasteiger partial charge in [0.15, 0.2) is 0 Å². The van der Waals surface area contributed by atoms with Gasteiger partial charge in [0.25, 0.3) is 0 Å². The van der Waals surface area contributed by atoms with Crippen LogP contribution < -0.4 is 5.73 Å². The van der Waals surface area contributed by atoms with Gasteiger partial charge in [-0.3, -0.25) is 0 Å². The maximum atomic E-state index is 12.2. The van der Waals surface area contributed by atoms with Crippen LogP contribution in [0, 0.1) is 39.9 Å². The predicted molar refractivity (Wildman–Crippen MR) is 107 cm³/mol. The van der Waals surface area contributed by atoms with Crippen LogP contribution in [0.1, 0.15) is 72.1 Å². The number of carbonyl (C=O) groups is 1. The van der Waals surface area contributed by atoms with Crippen LogP contribution in [0.4, 0.5) is 0 Å². The van der Waals surface area contributed by atoms with E-state index in [1.165, 1.54) is 44.9 Å². The van der Waals surface area contributed by atoms with Crippen LogP contribution in [0.2, 0.25) is 4.82 Å². The van der Waals surface area contributed by atoms with Crippen LogP contribution in [-0.2, 0) is 4.79 Å². The van der Waals surface area contributed by atoms with E-state index in [4.69, 9.17) is 11.1 Å². The Bertz CT molecular complexity index is 659. The first kappa shape index (κ1) is 18.7. The average Bonchev–Trinajstić information content (AvgIpc) is 2.92. The first-order valence-electron chi connectivity index (χ1n) is 10.5. The normalized spacial score (nSPS) is 47.3. The van der Waals surface area contributed by atoms with E-state index < -0.39 is 0 Å². The number of fused-ring (bicyclic) bond motifs is 5. The van der Waals surface area contributed by atoms with Crippen molar-refractivity contribution in [1.82, 2.24) is 0 Å². The van der Waals surface area contributed by atoms with Crippen LogP contribution in [0.25, 0.3) is 0 Å². The average molecular weight is 421 g/mol. The van der Waals surface area contributed by atoms with Crippen LogP contribution in [0.5, 0.6) is 0 Å². The molecule has 0 radical (unpaired) electrons. The first-order valence-corrected chi connectivity index (χ1v) is 12.3. The second kappa shape index (κ2) is 6.48. The Labute approximate surface area is 164 Å². The molecular formula is C22H34N2OSe. The van der Waals surface area contributed by atoms with E-state index in [1.54, 1.807) is 5.57 Å². The second-order valence-electron chi connectivity index (χ2n) is 9.89. The van der Waals surface area contributed by atoms with E-state index >= 15 is 0 Å². The molecule has 144 valence electrons. The van der Waals surface area contributed by atoms with Gasteiger partial charge in [-0.05, 0) is 0 Å². The molecule has 4 heteroatoms. The molecule has 0 heterocycles. The summed E-state index contributed by atoms with van der Waals surface area (Å²) in [4.78, 5) is 12.9. The number of hydrogen-bond acceptors (Lipinski definition) is 2. The molecule has 0 saturated heterocycles. The number of nitrogens with two attached hydrogens (primary N) is 1. The molecule has 4 aliphatic carbocycles. The molecule has 0 spiro atoms. The Kier molecular flexibility index (Phi) is 4.67. The Morgan fingerprint density at radius 1 is 1.19 bits per heavy atom. The van der Waals surface area contributed by atoms with Crippen molar-refractivity contribution in [3.63, 3.8) is 0 Å². The second-order valence-corrected chi connectivity index (χ2v) is 12.7. The van der Waals surface area contributed by atoms with Crippen molar-refractivity contribution in [3.8, 4) is 0 Å². The van der Waals surface area contributed by atoms with Gasteiger partial charge in [0.1, 0.15) is 0 Å². The molecule has 0 amide bonds. The number of carbonyl (C=O) groups excluding carboxylic acids is 1. The molecule has 3 fully saturated rings. The predicted octanol–water partition coefficient (Wildman–Crippen LogP) is 4.54. The quantitative estimate of drug-likeness (QED) is 0.304. The fourth-order valence-electron chi connectivity index (χ4n) is 7.58. The minimum absolute atomic E-state index is 0.171. The molecule has 0 aromatic carbocycles. The zero-order chi connectivity index (χ0) is 18.7. The Morgan fingerprint density at radius 2 is 1.96 bits per heavy atom. The third kappa shape index (κ3) is 2.74. The summed E-state index contributed by atoms with van der Waals surface area (Å²) in [5, 5.41) is 7.67. The van der Waals surface area contributed by atoms with Crippen molar-refractivity contribution < 1.29 is 4.79 Å². The molecule has 4 rings (SSSR count). The van der Waals surface area contributed by atoms with Gasteiger partial charge in [-0.2, -0.15) is 0 Å². The van der Waals surface area contributed by atoms with E-state index in [2.05, 4.69) is 19.9 Å². The van der Waals surface area contributed by atoms with Gasteiger partial charge in [0, 0.05) is 0 Å². The first-order chi connectivity index (χ1) is 12.3. The third-order valence-corrected chi connectivity index (χ3v) is 10.9. The summed E-state index contributed by atoms with van der Waals surface area (Å²) in [6.45, 7) is 6.79. The van der Waals surface area contributed by atoms with Crippen molar-refractivity contribution in [1.29, 1.82) is 5.41 Å². The molecule has 3 saturated carbocycles. The Balaban J connectivity index is 1.59. The summed E-state index contributed by atoms with van der Waals surface area (Å²) in [5.74, 6) is 3.06.